The summed E-state index contributed by atoms with van der Waals surface area (Å²) >= 11 is 1.45. The lowest BCUT2D eigenvalue weighted by atomic mass is 10.00. The van der Waals surface area contributed by atoms with Crippen molar-refractivity contribution in [3.8, 4) is 0 Å². The van der Waals surface area contributed by atoms with Gasteiger partial charge in [0.25, 0.3) is 0 Å². The summed E-state index contributed by atoms with van der Waals surface area (Å²) in [4.78, 5) is 29.3. The Bertz CT molecular complexity index is 758. The van der Waals surface area contributed by atoms with Crippen molar-refractivity contribution in [1.82, 2.24) is 19.7 Å². The maximum atomic E-state index is 13.0. The number of carbonyl (C=O) groups is 2. The van der Waals surface area contributed by atoms with E-state index < -0.39 is 6.04 Å². The minimum absolute atomic E-state index is 0.0172. The molecule has 4 rings (SSSR count). The summed E-state index contributed by atoms with van der Waals surface area (Å²) in [5, 5.41) is 9.77. The van der Waals surface area contributed by atoms with Crippen LogP contribution < -0.4 is 4.90 Å². The van der Waals surface area contributed by atoms with Crippen LogP contribution in [0.2, 0.25) is 0 Å². The largest absolute Gasteiger partial charge is 0.464 e. The van der Waals surface area contributed by atoms with Crippen molar-refractivity contribution in [2.75, 3.05) is 36.9 Å². The van der Waals surface area contributed by atoms with Gasteiger partial charge in [0.05, 0.1) is 12.4 Å². The number of anilines is 1. The van der Waals surface area contributed by atoms with Crippen LogP contribution in [0.15, 0.2) is 5.16 Å². The molecule has 1 aromatic rings. The van der Waals surface area contributed by atoms with Crippen LogP contribution in [0.5, 0.6) is 0 Å². The second-order valence-electron chi connectivity index (χ2n) is 8.69. The number of hydrogen-bond donors (Lipinski definition) is 0. The predicted molar refractivity (Wildman–Crippen MR) is 116 cm³/mol. The SMILES string of the molecule is CCOC(=O)C1CCCCN1C(=O)CSc1nnc(N2CCC(C)CC2)n1C1CC1. The van der Waals surface area contributed by atoms with E-state index in [9.17, 15) is 9.59 Å². The molecule has 1 aromatic heterocycles. The topological polar surface area (TPSA) is 80.6 Å². The van der Waals surface area contributed by atoms with Crippen LogP contribution in [0.25, 0.3) is 0 Å². The Balaban J connectivity index is 1.42. The highest BCUT2D eigenvalue weighted by molar-refractivity contribution is 7.99. The number of carbonyl (C=O) groups excluding carboxylic acids is 2. The van der Waals surface area contributed by atoms with Gasteiger partial charge < -0.3 is 14.5 Å². The smallest absolute Gasteiger partial charge is 0.328 e. The molecule has 0 spiro atoms. The zero-order chi connectivity index (χ0) is 21.1. The molecule has 30 heavy (non-hydrogen) atoms. The van der Waals surface area contributed by atoms with Gasteiger partial charge in [-0.25, -0.2) is 4.79 Å². The highest BCUT2D eigenvalue weighted by Crippen LogP contribution is 2.41. The Kier molecular flexibility index (Phi) is 6.85. The van der Waals surface area contributed by atoms with Crippen LogP contribution in [-0.4, -0.2) is 69.6 Å². The molecule has 9 heteroatoms. The van der Waals surface area contributed by atoms with Crippen LogP contribution in [0.1, 0.15) is 64.8 Å². The molecule has 2 saturated heterocycles. The van der Waals surface area contributed by atoms with E-state index in [-0.39, 0.29) is 17.6 Å². The first-order valence-electron chi connectivity index (χ1n) is 11.4. The van der Waals surface area contributed by atoms with E-state index >= 15 is 0 Å². The molecule has 1 unspecified atom stereocenters. The molecule has 166 valence electrons. The molecule has 8 nitrogen and oxygen atoms in total. The minimum atomic E-state index is -0.445. The first kappa shape index (κ1) is 21.5. The van der Waals surface area contributed by atoms with Crippen molar-refractivity contribution in [3.63, 3.8) is 0 Å². The second-order valence-corrected chi connectivity index (χ2v) is 9.64. The first-order chi connectivity index (χ1) is 14.6. The molecule has 0 bridgehead atoms. The van der Waals surface area contributed by atoms with Crippen molar-refractivity contribution in [2.24, 2.45) is 5.92 Å². The molecule has 1 atom stereocenters. The third-order valence-corrected chi connectivity index (χ3v) is 7.26. The molecule has 3 fully saturated rings. The quantitative estimate of drug-likeness (QED) is 0.481. The van der Waals surface area contributed by atoms with Gasteiger partial charge in [0.1, 0.15) is 6.04 Å². The number of hydrogen-bond acceptors (Lipinski definition) is 7. The maximum absolute atomic E-state index is 13.0. The van der Waals surface area contributed by atoms with Crippen LogP contribution in [-0.2, 0) is 14.3 Å². The fourth-order valence-corrected chi connectivity index (χ4v) is 5.25. The number of piperidine rings is 2. The number of likely N-dealkylation sites (tertiary alicyclic amines) is 1. The van der Waals surface area contributed by atoms with Crippen LogP contribution in [0.4, 0.5) is 5.95 Å². The molecule has 1 amide bonds. The molecular weight excluding hydrogens is 402 g/mol. The Hall–Kier alpha value is -1.77. The lowest BCUT2D eigenvalue weighted by molar-refractivity contribution is -0.155. The standard InChI is InChI=1S/C21H33N5O3S/c1-3-29-19(28)17-6-4-5-11-25(17)18(27)14-30-21-23-22-20(26(21)16-7-8-16)24-12-9-15(2)10-13-24/h15-17H,3-14H2,1-2H3. The molecule has 3 heterocycles. The Labute approximate surface area is 182 Å². The second kappa shape index (κ2) is 9.58. The zero-order valence-electron chi connectivity index (χ0n) is 18.1. The number of aromatic nitrogens is 3. The van der Waals surface area contributed by atoms with Gasteiger partial charge in [-0.1, -0.05) is 18.7 Å². The monoisotopic (exact) mass is 435 g/mol. The van der Waals surface area contributed by atoms with Gasteiger partial charge in [0, 0.05) is 25.7 Å². The van der Waals surface area contributed by atoms with Gasteiger partial charge in [0.15, 0.2) is 5.16 Å². The molecule has 1 aliphatic carbocycles. The normalized spacial score (nSPS) is 22.9. The summed E-state index contributed by atoms with van der Waals surface area (Å²) in [6.45, 7) is 7.10. The molecule has 0 radical (unpaired) electrons. The number of esters is 1. The third-order valence-electron chi connectivity index (χ3n) is 6.33. The van der Waals surface area contributed by atoms with Gasteiger partial charge in [-0.2, -0.15) is 0 Å². The van der Waals surface area contributed by atoms with E-state index in [0.717, 1.165) is 55.8 Å². The van der Waals surface area contributed by atoms with Gasteiger partial charge >= 0.3 is 5.97 Å². The number of nitrogens with zero attached hydrogens (tertiary/aromatic N) is 5. The summed E-state index contributed by atoms with van der Waals surface area (Å²) in [7, 11) is 0. The van der Waals surface area contributed by atoms with Crippen molar-refractivity contribution in [3.05, 3.63) is 0 Å². The number of ether oxygens (including phenoxy) is 1. The van der Waals surface area contributed by atoms with Crippen LogP contribution in [0.3, 0.4) is 0 Å². The molecule has 0 aromatic carbocycles. The third kappa shape index (κ3) is 4.76. The Morgan fingerprint density at radius 1 is 1.07 bits per heavy atom. The highest BCUT2D eigenvalue weighted by atomic mass is 32.2. The van der Waals surface area contributed by atoms with Gasteiger partial charge in [-0.05, 0) is 57.8 Å². The fourth-order valence-electron chi connectivity index (χ4n) is 4.37. The Morgan fingerprint density at radius 3 is 2.53 bits per heavy atom. The summed E-state index contributed by atoms with van der Waals surface area (Å²) in [6.07, 6.45) is 7.23. The van der Waals surface area contributed by atoms with Crippen molar-refractivity contribution in [2.45, 2.75) is 76.0 Å². The van der Waals surface area contributed by atoms with E-state index in [2.05, 4.69) is 26.6 Å². The van der Waals surface area contributed by atoms with Crippen molar-refractivity contribution >= 4 is 29.6 Å². The summed E-state index contributed by atoms with van der Waals surface area (Å²) in [6, 6.07) is 0.00761. The van der Waals surface area contributed by atoms with E-state index in [1.165, 1.54) is 24.6 Å². The van der Waals surface area contributed by atoms with Crippen molar-refractivity contribution < 1.29 is 14.3 Å². The minimum Gasteiger partial charge on any atom is -0.464 e. The molecule has 2 aliphatic heterocycles. The van der Waals surface area contributed by atoms with Crippen LogP contribution >= 0.6 is 11.8 Å². The average molecular weight is 436 g/mol. The maximum Gasteiger partial charge on any atom is 0.328 e. The van der Waals surface area contributed by atoms with Crippen molar-refractivity contribution in [1.29, 1.82) is 0 Å². The summed E-state index contributed by atoms with van der Waals surface area (Å²) in [5.74, 6) is 1.70. The number of thioether (sulfide) groups is 1. The Morgan fingerprint density at radius 2 is 1.83 bits per heavy atom. The van der Waals surface area contributed by atoms with Crippen LogP contribution in [0, 0.1) is 5.92 Å². The molecule has 0 N–H and O–H groups in total. The highest BCUT2D eigenvalue weighted by Gasteiger charge is 2.35. The van der Waals surface area contributed by atoms with E-state index in [4.69, 9.17) is 4.74 Å². The predicted octanol–water partition coefficient (Wildman–Crippen LogP) is 2.89. The molecule has 1 saturated carbocycles. The average Bonchev–Trinajstić information content (AvgIpc) is 3.52. The molecular formula is C21H33N5O3S. The zero-order valence-corrected chi connectivity index (χ0v) is 18.9. The van der Waals surface area contributed by atoms with E-state index in [1.54, 1.807) is 11.8 Å². The van der Waals surface area contributed by atoms with E-state index in [1.807, 2.05) is 0 Å². The van der Waals surface area contributed by atoms with Gasteiger partial charge in [0.2, 0.25) is 11.9 Å². The van der Waals surface area contributed by atoms with Gasteiger partial charge in [-0.3, -0.25) is 9.36 Å². The number of rotatable bonds is 7. The van der Waals surface area contributed by atoms with E-state index in [0.29, 0.717) is 25.6 Å². The lowest BCUT2D eigenvalue weighted by Crippen LogP contribution is -2.49. The molecule has 3 aliphatic rings. The first-order valence-corrected chi connectivity index (χ1v) is 12.4. The van der Waals surface area contributed by atoms with Gasteiger partial charge in [-0.15, -0.1) is 10.2 Å². The fraction of sp³-hybridized carbons (Fsp3) is 0.810. The lowest BCUT2D eigenvalue weighted by Gasteiger charge is -2.34. The summed E-state index contributed by atoms with van der Waals surface area (Å²) in [5.41, 5.74) is 0. The number of amides is 1. The summed E-state index contributed by atoms with van der Waals surface area (Å²) < 4.78 is 7.43.